The number of aromatic nitrogens is 3. The Morgan fingerprint density at radius 2 is 1.86 bits per heavy atom. The van der Waals surface area contributed by atoms with E-state index in [2.05, 4.69) is 15.4 Å². The molecule has 2 aromatic carbocycles. The number of anilines is 1. The summed E-state index contributed by atoms with van der Waals surface area (Å²) in [6.45, 7) is 0. The summed E-state index contributed by atoms with van der Waals surface area (Å²) < 4.78 is 6.51. The van der Waals surface area contributed by atoms with Gasteiger partial charge < -0.3 is 20.1 Å². The molecule has 0 radical (unpaired) electrons. The van der Waals surface area contributed by atoms with Crippen molar-refractivity contribution < 1.29 is 14.6 Å². The summed E-state index contributed by atoms with van der Waals surface area (Å²) >= 11 is 5.90. The van der Waals surface area contributed by atoms with Crippen molar-refractivity contribution >= 4 is 34.2 Å². The second kappa shape index (κ2) is 7.33. The van der Waals surface area contributed by atoms with Gasteiger partial charge in [0.1, 0.15) is 22.7 Å². The molecule has 0 aliphatic rings. The molecular formula is C20H15ClN4O4. The number of fused-ring (bicyclic) bond motifs is 1. The smallest absolute Gasteiger partial charge is 0.266 e. The first kappa shape index (κ1) is 18.6. The summed E-state index contributed by atoms with van der Waals surface area (Å²) in [5.74, 6) is -0.565. The predicted octanol–water partition coefficient (Wildman–Crippen LogP) is 3.33. The van der Waals surface area contributed by atoms with Crippen molar-refractivity contribution in [3.63, 3.8) is 0 Å². The molecule has 3 N–H and O–H groups in total. The number of rotatable bonds is 4. The number of aromatic amines is 1. The first-order valence-corrected chi connectivity index (χ1v) is 8.90. The van der Waals surface area contributed by atoms with Crippen molar-refractivity contribution in [1.82, 2.24) is 14.8 Å². The van der Waals surface area contributed by atoms with E-state index < -0.39 is 22.8 Å². The third kappa shape index (κ3) is 3.41. The van der Waals surface area contributed by atoms with Crippen LogP contribution in [0.5, 0.6) is 11.5 Å². The lowest BCUT2D eigenvalue weighted by Gasteiger charge is -2.08. The summed E-state index contributed by atoms with van der Waals surface area (Å²) in [7, 11) is 1.53. The Morgan fingerprint density at radius 3 is 2.52 bits per heavy atom. The Balaban J connectivity index is 1.73. The van der Waals surface area contributed by atoms with Gasteiger partial charge in [-0.15, -0.1) is 0 Å². The van der Waals surface area contributed by atoms with E-state index in [9.17, 15) is 14.7 Å². The van der Waals surface area contributed by atoms with Crippen molar-refractivity contribution in [2.45, 2.75) is 0 Å². The van der Waals surface area contributed by atoms with Crippen molar-refractivity contribution in [3.8, 4) is 17.2 Å². The Hall–Kier alpha value is -3.78. The van der Waals surface area contributed by atoms with Crippen LogP contribution >= 0.6 is 11.6 Å². The molecule has 8 nitrogen and oxygen atoms in total. The first-order chi connectivity index (χ1) is 14.0. The van der Waals surface area contributed by atoms with E-state index in [1.807, 2.05) is 0 Å². The number of methoxy groups -OCH3 is 1. The number of H-pyrrole nitrogens is 1. The monoisotopic (exact) mass is 410 g/mol. The van der Waals surface area contributed by atoms with Gasteiger partial charge in [-0.1, -0.05) is 11.6 Å². The number of carbonyl (C=O) groups excluding carboxylic acids is 1. The van der Waals surface area contributed by atoms with Gasteiger partial charge in [0.2, 0.25) is 0 Å². The minimum atomic E-state index is -0.741. The van der Waals surface area contributed by atoms with E-state index in [1.165, 1.54) is 18.0 Å². The van der Waals surface area contributed by atoms with Gasteiger partial charge in [0.25, 0.3) is 11.5 Å². The standard InChI is InChI=1S/C20H15ClN4O4/c1-29-14-8-4-12(5-9-14)23-19(27)16-17(26)15-10-22-25(18(15)24-20(16)28)13-6-2-11(21)3-7-13/h2-10H,1H3,(H,23,27)(H2,24,26,28). The number of hydrogen-bond donors (Lipinski definition) is 3. The van der Waals surface area contributed by atoms with Crippen LogP contribution in [0.2, 0.25) is 5.02 Å². The van der Waals surface area contributed by atoms with Crippen molar-refractivity contribution in [3.05, 3.63) is 75.7 Å². The fourth-order valence-electron chi connectivity index (χ4n) is 2.91. The van der Waals surface area contributed by atoms with Crippen LogP contribution in [-0.2, 0) is 0 Å². The third-order valence-electron chi connectivity index (χ3n) is 4.37. The van der Waals surface area contributed by atoms with Crippen LogP contribution in [0, 0.1) is 0 Å². The second-order valence-corrected chi connectivity index (χ2v) is 6.59. The molecule has 2 heterocycles. The summed E-state index contributed by atoms with van der Waals surface area (Å²) in [5.41, 5.74) is 0.206. The molecule has 4 aromatic rings. The lowest BCUT2D eigenvalue weighted by atomic mass is 10.2. The third-order valence-corrected chi connectivity index (χ3v) is 4.62. The molecule has 0 saturated heterocycles. The Bertz CT molecular complexity index is 1260. The number of pyridine rings is 1. The first-order valence-electron chi connectivity index (χ1n) is 8.52. The highest BCUT2D eigenvalue weighted by Crippen LogP contribution is 2.27. The van der Waals surface area contributed by atoms with Crippen LogP contribution < -0.4 is 15.6 Å². The predicted molar refractivity (Wildman–Crippen MR) is 109 cm³/mol. The molecule has 146 valence electrons. The van der Waals surface area contributed by atoms with E-state index in [4.69, 9.17) is 16.3 Å². The fraction of sp³-hybridized carbons (Fsp3) is 0.0500. The van der Waals surface area contributed by atoms with Gasteiger partial charge in [0, 0.05) is 10.7 Å². The highest BCUT2D eigenvalue weighted by Gasteiger charge is 2.22. The maximum Gasteiger partial charge on any atom is 0.266 e. The summed E-state index contributed by atoms with van der Waals surface area (Å²) in [4.78, 5) is 27.8. The molecule has 4 rings (SSSR count). The normalized spacial score (nSPS) is 10.8. The summed E-state index contributed by atoms with van der Waals surface area (Å²) in [6.07, 6.45) is 1.37. The van der Waals surface area contributed by atoms with Gasteiger partial charge in [0.05, 0.1) is 24.4 Å². The molecule has 0 aliphatic carbocycles. The number of nitrogens with zero attached hydrogens (tertiary/aromatic N) is 2. The van der Waals surface area contributed by atoms with Crippen LogP contribution in [0.3, 0.4) is 0 Å². The average Bonchev–Trinajstić information content (AvgIpc) is 3.13. The number of ether oxygens (including phenoxy) is 1. The van der Waals surface area contributed by atoms with Gasteiger partial charge in [-0.3, -0.25) is 9.59 Å². The fourth-order valence-corrected chi connectivity index (χ4v) is 3.04. The van der Waals surface area contributed by atoms with E-state index in [0.29, 0.717) is 22.1 Å². The molecule has 0 atom stereocenters. The number of benzene rings is 2. The average molecular weight is 411 g/mol. The zero-order valence-electron chi connectivity index (χ0n) is 15.1. The van der Waals surface area contributed by atoms with E-state index in [0.717, 1.165) is 0 Å². The van der Waals surface area contributed by atoms with Gasteiger partial charge >= 0.3 is 0 Å². The Kier molecular flexibility index (Phi) is 4.69. The van der Waals surface area contributed by atoms with Crippen LogP contribution in [0.25, 0.3) is 16.7 Å². The van der Waals surface area contributed by atoms with Gasteiger partial charge in [-0.2, -0.15) is 5.10 Å². The van der Waals surface area contributed by atoms with Gasteiger partial charge in [-0.05, 0) is 48.5 Å². The van der Waals surface area contributed by atoms with Crippen LogP contribution in [0.4, 0.5) is 5.69 Å². The Labute approximate surface area is 169 Å². The summed E-state index contributed by atoms with van der Waals surface area (Å²) in [5, 5.41) is 18.2. The van der Waals surface area contributed by atoms with Crippen molar-refractivity contribution in [2.24, 2.45) is 0 Å². The number of hydrogen-bond acceptors (Lipinski definition) is 5. The largest absolute Gasteiger partial charge is 0.506 e. The molecule has 0 aliphatic heterocycles. The Morgan fingerprint density at radius 1 is 1.17 bits per heavy atom. The topological polar surface area (TPSA) is 109 Å². The highest BCUT2D eigenvalue weighted by molar-refractivity contribution is 6.30. The zero-order chi connectivity index (χ0) is 20.5. The molecule has 9 heteroatoms. The zero-order valence-corrected chi connectivity index (χ0v) is 15.9. The number of aromatic hydroxyl groups is 1. The van der Waals surface area contributed by atoms with Crippen LogP contribution in [-0.4, -0.2) is 32.9 Å². The lowest BCUT2D eigenvalue weighted by Crippen LogP contribution is -2.23. The molecule has 1 amide bonds. The number of carbonyl (C=O) groups is 1. The van der Waals surface area contributed by atoms with Crippen LogP contribution in [0.15, 0.2) is 59.5 Å². The molecule has 0 spiro atoms. The number of halogens is 1. The highest BCUT2D eigenvalue weighted by atomic mass is 35.5. The van der Waals surface area contributed by atoms with Crippen LogP contribution in [0.1, 0.15) is 10.4 Å². The van der Waals surface area contributed by atoms with Crippen molar-refractivity contribution in [2.75, 3.05) is 12.4 Å². The quantitative estimate of drug-likeness (QED) is 0.478. The minimum absolute atomic E-state index is 0.236. The molecule has 0 fully saturated rings. The maximum absolute atomic E-state index is 12.6. The molecule has 0 saturated carbocycles. The number of amides is 1. The number of nitrogens with one attached hydrogen (secondary N) is 2. The second-order valence-electron chi connectivity index (χ2n) is 6.16. The van der Waals surface area contributed by atoms with Crippen molar-refractivity contribution in [1.29, 1.82) is 0 Å². The lowest BCUT2D eigenvalue weighted by molar-refractivity contribution is 0.102. The maximum atomic E-state index is 12.6. The SMILES string of the molecule is COc1ccc(NC(=O)c2c(O)c3cnn(-c4ccc(Cl)cc4)c3[nH]c2=O)cc1. The molecular weight excluding hydrogens is 396 g/mol. The van der Waals surface area contributed by atoms with E-state index >= 15 is 0 Å². The molecule has 0 bridgehead atoms. The van der Waals surface area contributed by atoms with E-state index in [-0.39, 0.29) is 11.0 Å². The van der Waals surface area contributed by atoms with Gasteiger partial charge in [-0.25, -0.2) is 4.68 Å². The molecule has 29 heavy (non-hydrogen) atoms. The van der Waals surface area contributed by atoms with Gasteiger partial charge in [0.15, 0.2) is 0 Å². The molecule has 0 unspecified atom stereocenters. The summed E-state index contributed by atoms with van der Waals surface area (Å²) in [6, 6.07) is 13.4. The minimum Gasteiger partial charge on any atom is -0.506 e. The molecule has 2 aromatic heterocycles. The van der Waals surface area contributed by atoms with E-state index in [1.54, 1.807) is 48.5 Å².